The number of benzene rings is 2. The van der Waals surface area contributed by atoms with Crippen LogP contribution in [0.4, 0.5) is 0 Å². The van der Waals surface area contributed by atoms with Crippen molar-refractivity contribution in [2.24, 2.45) is 4.99 Å². The Bertz CT molecular complexity index is 965. The van der Waals surface area contributed by atoms with E-state index in [1.165, 1.54) is 11.3 Å². The fourth-order valence-electron chi connectivity index (χ4n) is 2.30. The Balaban J connectivity index is 2.11. The lowest BCUT2D eigenvalue weighted by molar-refractivity contribution is 0.0997. The van der Waals surface area contributed by atoms with E-state index in [-0.39, 0.29) is 5.91 Å². The molecule has 3 aromatic rings. The molecule has 24 heavy (non-hydrogen) atoms. The number of amides is 1. The molecule has 1 aromatic heterocycles. The summed E-state index contributed by atoms with van der Waals surface area (Å²) < 4.78 is 9.22. The quantitative estimate of drug-likeness (QED) is 0.617. The predicted octanol–water partition coefficient (Wildman–Crippen LogP) is 4.51. The molecule has 7 heteroatoms. The highest BCUT2D eigenvalue weighted by molar-refractivity contribution is 9.10. The van der Waals surface area contributed by atoms with Gasteiger partial charge in [-0.15, -0.1) is 0 Å². The van der Waals surface area contributed by atoms with Crippen LogP contribution in [-0.4, -0.2) is 24.2 Å². The van der Waals surface area contributed by atoms with Gasteiger partial charge < -0.3 is 9.30 Å². The molecule has 4 nitrogen and oxygen atoms in total. The molecule has 124 valence electrons. The summed E-state index contributed by atoms with van der Waals surface area (Å²) in [6, 6.07) is 12.8. The van der Waals surface area contributed by atoms with Crippen LogP contribution in [0.1, 0.15) is 10.4 Å². The summed E-state index contributed by atoms with van der Waals surface area (Å²) in [5.74, 6) is -0.311. The first kappa shape index (κ1) is 17.4. The lowest BCUT2D eigenvalue weighted by atomic mass is 10.2. The molecule has 0 saturated carbocycles. The maximum absolute atomic E-state index is 12.5. The minimum absolute atomic E-state index is 0.311. The van der Waals surface area contributed by atoms with Crippen LogP contribution in [0.25, 0.3) is 10.2 Å². The Morgan fingerprint density at radius 2 is 2.17 bits per heavy atom. The zero-order valence-electron chi connectivity index (χ0n) is 12.8. The molecule has 2 aromatic carbocycles. The number of rotatable bonds is 4. The van der Waals surface area contributed by atoms with E-state index < -0.39 is 0 Å². The van der Waals surface area contributed by atoms with E-state index in [9.17, 15) is 4.79 Å². The SMILES string of the molecule is COCCn1c(=NC(=O)c2cccc(Cl)c2)sc2cc(Br)ccc21. The number of fused-ring (bicyclic) bond motifs is 1. The molecule has 0 saturated heterocycles. The van der Waals surface area contributed by atoms with Crippen molar-refractivity contribution in [3.05, 3.63) is 62.3 Å². The van der Waals surface area contributed by atoms with Crippen LogP contribution in [-0.2, 0) is 11.3 Å². The first-order chi connectivity index (χ1) is 11.6. The highest BCUT2D eigenvalue weighted by Crippen LogP contribution is 2.22. The molecule has 0 unspecified atom stereocenters. The van der Waals surface area contributed by atoms with Gasteiger partial charge in [-0.1, -0.05) is 44.9 Å². The Morgan fingerprint density at radius 3 is 2.92 bits per heavy atom. The van der Waals surface area contributed by atoms with Crippen molar-refractivity contribution in [2.75, 3.05) is 13.7 Å². The molecular weight excluding hydrogens is 412 g/mol. The molecule has 0 aliphatic heterocycles. The van der Waals surface area contributed by atoms with E-state index in [4.69, 9.17) is 16.3 Å². The van der Waals surface area contributed by atoms with Crippen LogP contribution in [0, 0.1) is 0 Å². The third kappa shape index (κ3) is 3.78. The molecule has 1 heterocycles. The van der Waals surface area contributed by atoms with Gasteiger partial charge in [-0.05, 0) is 36.4 Å². The normalized spacial score (nSPS) is 12.0. The molecule has 0 fully saturated rings. The number of ether oxygens (including phenoxy) is 1. The number of methoxy groups -OCH3 is 1. The number of hydrogen-bond acceptors (Lipinski definition) is 3. The lowest BCUT2D eigenvalue weighted by Crippen LogP contribution is -2.19. The second kappa shape index (κ2) is 7.61. The van der Waals surface area contributed by atoms with Gasteiger partial charge in [0.1, 0.15) is 0 Å². The number of halogens is 2. The first-order valence-electron chi connectivity index (χ1n) is 7.21. The molecule has 0 atom stereocenters. The first-order valence-corrected chi connectivity index (χ1v) is 9.19. The number of aromatic nitrogens is 1. The van der Waals surface area contributed by atoms with Crippen molar-refractivity contribution < 1.29 is 9.53 Å². The number of carbonyl (C=O) groups is 1. The van der Waals surface area contributed by atoms with Gasteiger partial charge in [0, 0.05) is 28.7 Å². The largest absolute Gasteiger partial charge is 0.383 e. The van der Waals surface area contributed by atoms with Gasteiger partial charge in [0.15, 0.2) is 4.80 Å². The minimum Gasteiger partial charge on any atom is -0.383 e. The second-order valence-corrected chi connectivity index (χ2v) is 7.43. The van der Waals surface area contributed by atoms with Gasteiger partial charge in [0.25, 0.3) is 5.91 Å². The molecule has 0 aliphatic rings. The monoisotopic (exact) mass is 424 g/mol. The van der Waals surface area contributed by atoms with Crippen LogP contribution < -0.4 is 4.80 Å². The molecule has 0 N–H and O–H groups in total. The van der Waals surface area contributed by atoms with E-state index in [0.717, 1.165) is 14.7 Å². The molecular formula is C17H14BrClN2O2S. The van der Waals surface area contributed by atoms with Crippen molar-refractivity contribution in [3.63, 3.8) is 0 Å². The fraction of sp³-hybridized carbons (Fsp3) is 0.176. The minimum atomic E-state index is -0.311. The van der Waals surface area contributed by atoms with Crippen LogP contribution >= 0.6 is 38.9 Å². The zero-order chi connectivity index (χ0) is 17.1. The Hall–Kier alpha value is -1.47. The van der Waals surface area contributed by atoms with Crippen LogP contribution in [0.15, 0.2) is 51.9 Å². The van der Waals surface area contributed by atoms with Gasteiger partial charge in [-0.3, -0.25) is 4.79 Å². The van der Waals surface area contributed by atoms with Crippen molar-refractivity contribution in [1.29, 1.82) is 0 Å². The molecule has 0 radical (unpaired) electrons. The fourth-order valence-corrected chi connectivity index (χ4v) is 4.10. The number of thiazole rings is 1. The number of nitrogens with zero attached hydrogens (tertiary/aromatic N) is 2. The number of carbonyl (C=O) groups excluding carboxylic acids is 1. The van der Waals surface area contributed by atoms with E-state index in [1.54, 1.807) is 31.4 Å². The third-order valence-electron chi connectivity index (χ3n) is 3.43. The van der Waals surface area contributed by atoms with Crippen LogP contribution in [0.5, 0.6) is 0 Å². The van der Waals surface area contributed by atoms with Crippen LogP contribution in [0.2, 0.25) is 5.02 Å². The van der Waals surface area contributed by atoms with Crippen molar-refractivity contribution in [3.8, 4) is 0 Å². The highest BCUT2D eigenvalue weighted by Gasteiger charge is 2.10. The summed E-state index contributed by atoms with van der Waals surface area (Å²) in [5, 5.41) is 0.517. The van der Waals surface area contributed by atoms with Crippen molar-refractivity contribution in [1.82, 2.24) is 4.57 Å². The van der Waals surface area contributed by atoms with Crippen LogP contribution in [0.3, 0.4) is 0 Å². The molecule has 0 aliphatic carbocycles. The smallest absolute Gasteiger partial charge is 0.279 e. The van der Waals surface area contributed by atoms with Gasteiger partial charge in [0.2, 0.25) is 0 Å². The topological polar surface area (TPSA) is 43.6 Å². The maximum Gasteiger partial charge on any atom is 0.279 e. The summed E-state index contributed by atoms with van der Waals surface area (Å²) in [4.78, 5) is 17.4. The van der Waals surface area contributed by atoms with Gasteiger partial charge >= 0.3 is 0 Å². The van der Waals surface area contributed by atoms with Gasteiger partial charge in [-0.25, -0.2) is 0 Å². The summed E-state index contributed by atoms with van der Waals surface area (Å²) in [7, 11) is 1.65. The standard InChI is InChI=1S/C17H14BrClN2O2S/c1-23-8-7-21-14-6-5-12(18)10-15(14)24-17(21)20-16(22)11-3-2-4-13(19)9-11/h2-6,9-10H,7-8H2,1H3. The Kier molecular flexibility index (Phi) is 5.50. The van der Waals surface area contributed by atoms with E-state index in [2.05, 4.69) is 20.9 Å². The Labute approximate surface area is 156 Å². The summed E-state index contributed by atoms with van der Waals surface area (Å²) in [6.45, 7) is 1.17. The Morgan fingerprint density at radius 1 is 1.33 bits per heavy atom. The predicted molar refractivity (Wildman–Crippen MR) is 101 cm³/mol. The zero-order valence-corrected chi connectivity index (χ0v) is 16.0. The second-order valence-electron chi connectivity index (χ2n) is 5.07. The summed E-state index contributed by atoms with van der Waals surface area (Å²) >= 11 is 10.9. The number of hydrogen-bond donors (Lipinski definition) is 0. The van der Waals surface area contributed by atoms with Gasteiger partial charge in [0.05, 0.1) is 16.8 Å². The van der Waals surface area contributed by atoms with Gasteiger partial charge in [-0.2, -0.15) is 4.99 Å². The average Bonchev–Trinajstić information content (AvgIpc) is 2.89. The molecule has 1 amide bonds. The molecule has 0 spiro atoms. The summed E-state index contributed by atoms with van der Waals surface area (Å²) in [6.07, 6.45) is 0. The van der Waals surface area contributed by atoms with E-state index in [1.807, 2.05) is 22.8 Å². The highest BCUT2D eigenvalue weighted by atomic mass is 79.9. The molecule has 0 bridgehead atoms. The van der Waals surface area contributed by atoms with Crippen molar-refractivity contribution in [2.45, 2.75) is 6.54 Å². The van der Waals surface area contributed by atoms with Crippen molar-refractivity contribution >= 4 is 55.0 Å². The van der Waals surface area contributed by atoms with E-state index in [0.29, 0.717) is 28.5 Å². The lowest BCUT2D eigenvalue weighted by Gasteiger charge is -2.04. The van der Waals surface area contributed by atoms with E-state index >= 15 is 0 Å². The maximum atomic E-state index is 12.5. The molecule has 3 rings (SSSR count). The third-order valence-corrected chi connectivity index (χ3v) is 5.20. The summed E-state index contributed by atoms with van der Waals surface area (Å²) in [5.41, 5.74) is 1.50. The average molecular weight is 426 g/mol.